The first kappa shape index (κ1) is 11.4. The van der Waals surface area contributed by atoms with E-state index < -0.39 is 0 Å². The first-order valence-electron chi connectivity index (χ1n) is 6.71. The molecule has 0 aromatic rings. The average Bonchev–Trinajstić information content (AvgIpc) is 2.24. The topological polar surface area (TPSA) is 15.3 Å². The van der Waals surface area contributed by atoms with E-state index in [-0.39, 0.29) is 0 Å². The summed E-state index contributed by atoms with van der Waals surface area (Å²) in [6.45, 7) is 4.78. The van der Waals surface area contributed by atoms with Gasteiger partial charge < -0.3 is 10.2 Å². The van der Waals surface area contributed by atoms with Gasteiger partial charge in [-0.05, 0) is 26.3 Å². The van der Waals surface area contributed by atoms with Crippen LogP contribution in [0.4, 0.5) is 0 Å². The van der Waals surface area contributed by atoms with Crippen molar-refractivity contribution in [1.82, 2.24) is 10.2 Å². The molecular formula is C13H26N2. The Morgan fingerprint density at radius 1 is 1.27 bits per heavy atom. The monoisotopic (exact) mass is 210 g/mol. The molecule has 0 aromatic carbocycles. The van der Waals surface area contributed by atoms with Crippen LogP contribution in [-0.2, 0) is 0 Å². The molecule has 1 atom stereocenters. The predicted molar refractivity (Wildman–Crippen MR) is 65.1 cm³/mol. The summed E-state index contributed by atoms with van der Waals surface area (Å²) in [5, 5.41) is 3.86. The molecule has 0 radical (unpaired) electrons. The molecule has 2 heteroatoms. The first-order chi connectivity index (χ1) is 7.26. The molecule has 1 saturated carbocycles. The van der Waals surface area contributed by atoms with E-state index in [1.165, 1.54) is 58.0 Å². The molecule has 2 nitrogen and oxygen atoms in total. The minimum absolute atomic E-state index is 0.483. The van der Waals surface area contributed by atoms with Crippen molar-refractivity contribution in [2.75, 3.05) is 20.1 Å². The van der Waals surface area contributed by atoms with Gasteiger partial charge in [0, 0.05) is 24.7 Å². The Hall–Kier alpha value is -0.0800. The van der Waals surface area contributed by atoms with Crippen LogP contribution in [0.25, 0.3) is 0 Å². The standard InChI is InChI=1S/C13H26N2/c1-3-7-12-10-14-13(11-15(12)2)8-5-4-6-9-13/h12,14H,3-11H2,1-2H3. The van der Waals surface area contributed by atoms with Crippen LogP contribution in [0.1, 0.15) is 51.9 Å². The number of nitrogens with zero attached hydrogens (tertiary/aromatic N) is 1. The third kappa shape index (κ3) is 2.54. The summed E-state index contributed by atoms with van der Waals surface area (Å²) >= 11 is 0. The Balaban J connectivity index is 1.91. The fourth-order valence-electron chi connectivity index (χ4n) is 3.37. The Kier molecular flexibility index (Phi) is 3.68. The number of likely N-dealkylation sites (N-methyl/N-ethyl adjacent to an activating group) is 1. The van der Waals surface area contributed by atoms with Gasteiger partial charge in [0.15, 0.2) is 0 Å². The van der Waals surface area contributed by atoms with Crippen molar-refractivity contribution < 1.29 is 0 Å². The van der Waals surface area contributed by atoms with Gasteiger partial charge in [0.1, 0.15) is 0 Å². The van der Waals surface area contributed by atoms with Crippen molar-refractivity contribution >= 4 is 0 Å². The van der Waals surface area contributed by atoms with Crippen LogP contribution >= 0.6 is 0 Å². The summed E-state index contributed by atoms with van der Waals surface area (Å²) in [4.78, 5) is 2.60. The maximum Gasteiger partial charge on any atom is 0.0309 e. The Bertz CT molecular complexity index is 197. The quantitative estimate of drug-likeness (QED) is 0.753. The van der Waals surface area contributed by atoms with Crippen molar-refractivity contribution in [3.8, 4) is 0 Å². The molecule has 88 valence electrons. The molecule has 2 aliphatic rings. The van der Waals surface area contributed by atoms with E-state index in [0.29, 0.717) is 5.54 Å². The number of hydrogen-bond donors (Lipinski definition) is 1. The zero-order chi connectivity index (χ0) is 10.7. The summed E-state index contributed by atoms with van der Waals surface area (Å²) in [6, 6.07) is 0.780. The third-order valence-electron chi connectivity index (χ3n) is 4.32. The summed E-state index contributed by atoms with van der Waals surface area (Å²) in [7, 11) is 2.32. The molecule has 2 fully saturated rings. The van der Waals surface area contributed by atoms with Crippen molar-refractivity contribution in [2.24, 2.45) is 0 Å². The second-order valence-electron chi connectivity index (χ2n) is 5.58. The van der Waals surface area contributed by atoms with E-state index in [4.69, 9.17) is 0 Å². The van der Waals surface area contributed by atoms with Crippen LogP contribution in [0, 0.1) is 0 Å². The van der Waals surface area contributed by atoms with Gasteiger partial charge in [-0.3, -0.25) is 0 Å². The molecule has 1 N–H and O–H groups in total. The van der Waals surface area contributed by atoms with Crippen molar-refractivity contribution in [3.05, 3.63) is 0 Å². The SMILES string of the molecule is CCCC1CNC2(CCCCC2)CN1C. The Morgan fingerprint density at radius 2 is 2.00 bits per heavy atom. The van der Waals surface area contributed by atoms with Crippen molar-refractivity contribution in [1.29, 1.82) is 0 Å². The lowest BCUT2D eigenvalue weighted by atomic mass is 9.79. The summed E-state index contributed by atoms with van der Waals surface area (Å²) in [5.74, 6) is 0. The minimum atomic E-state index is 0.483. The van der Waals surface area contributed by atoms with Gasteiger partial charge in [-0.2, -0.15) is 0 Å². The lowest BCUT2D eigenvalue weighted by Crippen LogP contribution is -2.63. The fourth-order valence-corrected chi connectivity index (χ4v) is 3.37. The van der Waals surface area contributed by atoms with E-state index >= 15 is 0 Å². The smallest absolute Gasteiger partial charge is 0.0309 e. The van der Waals surface area contributed by atoms with Gasteiger partial charge in [0.2, 0.25) is 0 Å². The summed E-state index contributed by atoms with van der Waals surface area (Å²) in [5.41, 5.74) is 0.483. The molecule has 0 bridgehead atoms. The number of hydrogen-bond acceptors (Lipinski definition) is 2. The van der Waals surface area contributed by atoms with Crippen molar-refractivity contribution in [2.45, 2.75) is 63.5 Å². The lowest BCUT2D eigenvalue weighted by Gasteiger charge is -2.48. The van der Waals surface area contributed by atoms with Gasteiger partial charge in [0.25, 0.3) is 0 Å². The summed E-state index contributed by atoms with van der Waals surface area (Å²) < 4.78 is 0. The molecule has 1 spiro atoms. The molecule has 1 saturated heterocycles. The molecular weight excluding hydrogens is 184 g/mol. The van der Waals surface area contributed by atoms with Gasteiger partial charge in [-0.1, -0.05) is 32.6 Å². The summed E-state index contributed by atoms with van der Waals surface area (Å²) in [6.07, 6.45) is 9.76. The molecule has 15 heavy (non-hydrogen) atoms. The zero-order valence-corrected chi connectivity index (χ0v) is 10.4. The predicted octanol–water partition coefficient (Wildman–Crippen LogP) is 2.39. The first-order valence-corrected chi connectivity index (χ1v) is 6.71. The van der Waals surface area contributed by atoms with Gasteiger partial charge in [-0.15, -0.1) is 0 Å². The third-order valence-corrected chi connectivity index (χ3v) is 4.32. The molecule has 1 aliphatic heterocycles. The molecule has 1 heterocycles. The Morgan fingerprint density at radius 3 is 2.60 bits per heavy atom. The molecule has 1 aliphatic carbocycles. The minimum Gasteiger partial charge on any atom is -0.308 e. The number of piperazine rings is 1. The molecule has 0 amide bonds. The second-order valence-corrected chi connectivity index (χ2v) is 5.58. The van der Waals surface area contributed by atoms with Gasteiger partial charge in [-0.25, -0.2) is 0 Å². The zero-order valence-electron chi connectivity index (χ0n) is 10.4. The maximum atomic E-state index is 3.86. The van der Waals surface area contributed by atoms with E-state index in [0.717, 1.165) is 6.04 Å². The van der Waals surface area contributed by atoms with Crippen LogP contribution in [0.2, 0.25) is 0 Å². The van der Waals surface area contributed by atoms with E-state index in [1.807, 2.05) is 0 Å². The van der Waals surface area contributed by atoms with Gasteiger partial charge in [0.05, 0.1) is 0 Å². The largest absolute Gasteiger partial charge is 0.308 e. The van der Waals surface area contributed by atoms with Crippen LogP contribution in [-0.4, -0.2) is 36.6 Å². The van der Waals surface area contributed by atoms with Crippen molar-refractivity contribution in [3.63, 3.8) is 0 Å². The Labute approximate surface area is 94.4 Å². The lowest BCUT2D eigenvalue weighted by molar-refractivity contribution is 0.0716. The highest BCUT2D eigenvalue weighted by atomic mass is 15.2. The molecule has 0 aromatic heterocycles. The normalized spacial score (nSPS) is 32.0. The van der Waals surface area contributed by atoms with Gasteiger partial charge >= 0.3 is 0 Å². The number of rotatable bonds is 2. The molecule has 1 unspecified atom stereocenters. The fraction of sp³-hybridized carbons (Fsp3) is 1.00. The highest BCUT2D eigenvalue weighted by Crippen LogP contribution is 2.31. The second kappa shape index (κ2) is 4.84. The maximum absolute atomic E-state index is 3.86. The van der Waals surface area contributed by atoms with Crippen LogP contribution in [0.5, 0.6) is 0 Å². The van der Waals surface area contributed by atoms with Crippen LogP contribution in [0.15, 0.2) is 0 Å². The highest BCUT2D eigenvalue weighted by molar-refractivity contribution is 4.98. The van der Waals surface area contributed by atoms with Crippen LogP contribution in [0.3, 0.4) is 0 Å². The van der Waals surface area contributed by atoms with E-state index in [9.17, 15) is 0 Å². The van der Waals surface area contributed by atoms with Crippen LogP contribution < -0.4 is 5.32 Å². The molecule has 2 rings (SSSR count). The number of nitrogens with one attached hydrogen (secondary N) is 1. The average molecular weight is 210 g/mol. The van der Waals surface area contributed by atoms with E-state index in [1.54, 1.807) is 0 Å². The van der Waals surface area contributed by atoms with E-state index in [2.05, 4.69) is 24.2 Å². The highest BCUT2D eigenvalue weighted by Gasteiger charge is 2.37.